The Morgan fingerprint density at radius 3 is 2.34 bits per heavy atom. The average molecular weight is 430 g/mol. The van der Waals surface area contributed by atoms with E-state index in [1.165, 1.54) is 0 Å². The van der Waals surface area contributed by atoms with E-state index in [9.17, 15) is 4.79 Å². The first-order chi connectivity index (χ1) is 14.0. The number of rotatable bonds is 7. The number of esters is 1. The summed E-state index contributed by atoms with van der Waals surface area (Å²) in [5.41, 5.74) is 4.68. The number of aromatic nitrogens is 1. The van der Waals surface area contributed by atoms with E-state index in [0.717, 1.165) is 39.7 Å². The van der Waals surface area contributed by atoms with Crippen LogP contribution in [0.2, 0.25) is 10.0 Å². The molecule has 0 saturated carbocycles. The fourth-order valence-corrected chi connectivity index (χ4v) is 4.08. The Bertz CT molecular complexity index is 1020. The number of benzene rings is 2. The van der Waals surface area contributed by atoms with Gasteiger partial charge in [-0.3, -0.25) is 9.78 Å². The number of halogens is 2. The van der Waals surface area contributed by atoms with Crippen molar-refractivity contribution in [3.8, 4) is 11.1 Å². The van der Waals surface area contributed by atoms with Crippen LogP contribution in [-0.2, 0) is 16.0 Å². The third-order valence-corrected chi connectivity index (χ3v) is 5.52. The number of nitrogens with zero attached hydrogens (tertiary/aromatic N) is 1. The standard InChI is InChI=1S/C24H25Cl2NO2/c1-4-7-18(24(28)29-6-3)23-20(5-2)27-21-13-12-17(26)14-19(21)22(23)15-8-10-16(25)11-9-15/h8-14,18H,4-7H2,1-3H3. The van der Waals surface area contributed by atoms with Gasteiger partial charge in [0.05, 0.1) is 18.0 Å². The van der Waals surface area contributed by atoms with Gasteiger partial charge >= 0.3 is 5.97 Å². The zero-order valence-electron chi connectivity index (χ0n) is 17.0. The second-order valence-corrected chi connectivity index (χ2v) is 7.84. The zero-order valence-corrected chi connectivity index (χ0v) is 18.5. The molecule has 2 aromatic carbocycles. The summed E-state index contributed by atoms with van der Waals surface area (Å²) in [5.74, 6) is -0.584. The summed E-state index contributed by atoms with van der Waals surface area (Å²) in [6, 6.07) is 13.4. The molecular weight excluding hydrogens is 405 g/mol. The molecule has 1 atom stereocenters. The van der Waals surface area contributed by atoms with Crippen molar-refractivity contribution in [2.45, 2.75) is 46.0 Å². The Morgan fingerprint density at radius 2 is 1.72 bits per heavy atom. The minimum Gasteiger partial charge on any atom is -0.466 e. The van der Waals surface area contributed by atoms with Gasteiger partial charge < -0.3 is 4.74 Å². The predicted molar refractivity (Wildman–Crippen MR) is 121 cm³/mol. The van der Waals surface area contributed by atoms with Crippen LogP contribution in [0.5, 0.6) is 0 Å². The van der Waals surface area contributed by atoms with E-state index in [1.807, 2.05) is 49.4 Å². The molecule has 1 aromatic heterocycles. The number of ether oxygens (including phenoxy) is 1. The van der Waals surface area contributed by atoms with Crippen molar-refractivity contribution in [1.29, 1.82) is 0 Å². The van der Waals surface area contributed by atoms with Crippen LogP contribution in [0.25, 0.3) is 22.0 Å². The number of hydrogen-bond acceptors (Lipinski definition) is 3. The van der Waals surface area contributed by atoms with Gasteiger partial charge in [0.2, 0.25) is 0 Å². The molecule has 1 heterocycles. The van der Waals surface area contributed by atoms with Gasteiger partial charge in [-0.05, 0) is 66.8 Å². The first-order valence-corrected chi connectivity index (χ1v) is 10.8. The van der Waals surface area contributed by atoms with Gasteiger partial charge in [-0.2, -0.15) is 0 Å². The second kappa shape index (κ2) is 9.60. The van der Waals surface area contributed by atoms with Gasteiger partial charge in [-0.25, -0.2) is 0 Å². The summed E-state index contributed by atoms with van der Waals surface area (Å²) in [4.78, 5) is 17.8. The fourth-order valence-electron chi connectivity index (χ4n) is 3.78. The molecule has 0 aliphatic carbocycles. The smallest absolute Gasteiger partial charge is 0.313 e. The molecule has 1 unspecified atom stereocenters. The maximum absolute atomic E-state index is 12.9. The molecule has 0 bridgehead atoms. The number of hydrogen-bond donors (Lipinski definition) is 0. The third kappa shape index (κ3) is 4.57. The summed E-state index contributed by atoms with van der Waals surface area (Å²) in [6.45, 7) is 6.32. The van der Waals surface area contributed by atoms with Crippen molar-refractivity contribution in [2.75, 3.05) is 6.61 Å². The molecule has 5 heteroatoms. The Balaban J connectivity index is 2.40. The van der Waals surface area contributed by atoms with E-state index >= 15 is 0 Å². The summed E-state index contributed by atoms with van der Waals surface area (Å²) in [7, 11) is 0. The highest BCUT2D eigenvalue weighted by molar-refractivity contribution is 6.31. The van der Waals surface area contributed by atoms with Gasteiger partial charge in [0.25, 0.3) is 0 Å². The molecule has 3 rings (SSSR count). The van der Waals surface area contributed by atoms with Gasteiger partial charge in [-0.15, -0.1) is 0 Å². The molecule has 0 aliphatic rings. The lowest BCUT2D eigenvalue weighted by molar-refractivity contribution is -0.145. The Hall–Kier alpha value is -2.10. The largest absolute Gasteiger partial charge is 0.466 e. The lowest BCUT2D eigenvalue weighted by Crippen LogP contribution is -2.19. The molecule has 3 aromatic rings. The molecule has 0 amide bonds. The van der Waals surface area contributed by atoms with Gasteiger partial charge in [0.1, 0.15) is 0 Å². The van der Waals surface area contributed by atoms with Crippen LogP contribution in [0.1, 0.15) is 50.8 Å². The molecule has 0 saturated heterocycles. The number of carbonyl (C=O) groups is 1. The second-order valence-electron chi connectivity index (χ2n) is 6.96. The van der Waals surface area contributed by atoms with Crippen molar-refractivity contribution in [3.05, 3.63) is 63.8 Å². The minimum atomic E-state index is -0.378. The van der Waals surface area contributed by atoms with Gasteiger partial charge in [-0.1, -0.05) is 55.6 Å². The van der Waals surface area contributed by atoms with Crippen molar-refractivity contribution in [3.63, 3.8) is 0 Å². The molecule has 0 spiro atoms. The average Bonchev–Trinajstić information content (AvgIpc) is 2.71. The zero-order chi connectivity index (χ0) is 21.0. The first kappa shape index (κ1) is 21.6. The van der Waals surface area contributed by atoms with E-state index in [0.29, 0.717) is 29.5 Å². The van der Waals surface area contributed by atoms with Crippen LogP contribution in [-0.4, -0.2) is 17.6 Å². The maximum Gasteiger partial charge on any atom is 0.313 e. The number of aryl methyl sites for hydroxylation is 1. The van der Waals surface area contributed by atoms with Crippen LogP contribution in [0.15, 0.2) is 42.5 Å². The minimum absolute atomic E-state index is 0.206. The first-order valence-electron chi connectivity index (χ1n) is 10.0. The van der Waals surface area contributed by atoms with Crippen LogP contribution in [0.3, 0.4) is 0 Å². The lowest BCUT2D eigenvalue weighted by atomic mass is 9.84. The van der Waals surface area contributed by atoms with E-state index in [-0.39, 0.29) is 11.9 Å². The van der Waals surface area contributed by atoms with Crippen molar-refractivity contribution >= 4 is 40.1 Å². The highest BCUT2D eigenvalue weighted by Crippen LogP contribution is 2.40. The highest BCUT2D eigenvalue weighted by Gasteiger charge is 2.29. The van der Waals surface area contributed by atoms with E-state index in [1.54, 1.807) is 0 Å². The summed E-state index contributed by atoms with van der Waals surface area (Å²) < 4.78 is 5.44. The molecule has 3 nitrogen and oxygen atoms in total. The quantitative estimate of drug-likeness (QED) is 0.372. The highest BCUT2D eigenvalue weighted by atomic mass is 35.5. The van der Waals surface area contributed by atoms with Crippen molar-refractivity contribution in [2.24, 2.45) is 0 Å². The fraction of sp³-hybridized carbons (Fsp3) is 0.333. The lowest BCUT2D eigenvalue weighted by Gasteiger charge is -2.23. The predicted octanol–water partition coefficient (Wildman–Crippen LogP) is 7.22. The molecule has 0 N–H and O–H groups in total. The number of fused-ring (bicyclic) bond motifs is 1. The normalized spacial score (nSPS) is 12.2. The third-order valence-electron chi connectivity index (χ3n) is 5.03. The molecule has 0 aliphatic heterocycles. The maximum atomic E-state index is 12.9. The number of pyridine rings is 1. The van der Waals surface area contributed by atoms with Crippen molar-refractivity contribution in [1.82, 2.24) is 4.98 Å². The van der Waals surface area contributed by atoms with E-state index in [2.05, 4.69) is 13.8 Å². The SMILES string of the molecule is CCCC(C(=O)OCC)c1c(CC)nc2ccc(Cl)cc2c1-c1ccc(Cl)cc1. The Kier molecular flexibility index (Phi) is 7.15. The van der Waals surface area contributed by atoms with Crippen LogP contribution >= 0.6 is 23.2 Å². The van der Waals surface area contributed by atoms with Crippen LogP contribution in [0.4, 0.5) is 0 Å². The van der Waals surface area contributed by atoms with Crippen LogP contribution in [0, 0.1) is 0 Å². The summed E-state index contributed by atoms with van der Waals surface area (Å²) in [5, 5.41) is 2.23. The molecule has 0 fully saturated rings. The molecule has 0 radical (unpaired) electrons. The summed E-state index contributed by atoms with van der Waals surface area (Å²) >= 11 is 12.5. The Labute approximate surface area is 182 Å². The Morgan fingerprint density at radius 1 is 1.03 bits per heavy atom. The number of carbonyl (C=O) groups excluding carboxylic acids is 1. The van der Waals surface area contributed by atoms with Gasteiger partial charge in [0, 0.05) is 21.1 Å². The van der Waals surface area contributed by atoms with Crippen LogP contribution < -0.4 is 0 Å². The molecular formula is C24H25Cl2NO2. The molecule has 152 valence electrons. The van der Waals surface area contributed by atoms with E-state index < -0.39 is 0 Å². The topological polar surface area (TPSA) is 39.2 Å². The van der Waals surface area contributed by atoms with E-state index in [4.69, 9.17) is 32.9 Å². The van der Waals surface area contributed by atoms with Gasteiger partial charge in [0.15, 0.2) is 0 Å². The summed E-state index contributed by atoms with van der Waals surface area (Å²) in [6.07, 6.45) is 2.27. The monoisotopic (exact) mass is 429 g/mol. The molecule has 29 heavy (non-hydrogen) atoms. The van der Waals surface area contributed by atoms with Crippen molar-refractivity contribution < 1.29 is 9.53 Å².